The normalized spacial score (nSPS) is 10.4. The molecule has 0 saturated heterocycles. The Hall–Kier alpha value is -3.29. The molecule has 0 unspecified atom stereocenters. The molecule has 3 aromatic heterocycles. The van der Waals surface area contributed by atoms with E-state index in [0.29, 0.717) is 23.0 Å². The van der Waals surface area contributed by atoms with Crippen molar-refractivity contribution in [3.05, 3.63) is 48.4 Å². The maximum atomic E-state index is 11.2. The lowest BCUT2D eigenvalue weighted by molar-refractivity contribution is 0.0690. The van der Waals surface area contributed by atoms with Gasteiger partial charge in [-0.25, -0.2) is 9.48 Å². The SMILES string of the molecule is COc1ccc(-c2cc(C(=O)O)nn2-c2cccnc2)nn1. The number of hydrogen-bond acceptors (Lipinski definition) is 6. The van der Waals surface area contributed by atoms with Crippen molar-refractivity contribution < 1.29 is 14.6 Å². The highest BCUT2D eigenvalue weighted by Gasteiger charge is 2.17. The predicted octanol–water partition coefficient (Wildman–Crippen LogP) is 1.43. The van der Waals surface area contributed by atoms with Gasteiger partial charge in [0.25, 0.3) is 0 Å². The summed E-state index contributed by atoms with van der Waals surface area (Å²) in [4.78, 5) is 15.2. The average Bonchev–Trinajstić information content (AvgIpc) is 3.01. The van der Waals surface area contributed by atoms with Gasteiger partial charge < -0.3 is 9.84 Å². The monoisotopic (exact) mass is 297 g/mol. The zero-order valence-electron chi connectivity index (χ0n) is 11.5. The molecular formula is C14H11N5O3. The van der Waals surface area contributed by atoms with Crippen molar-refractivity contribution in [3.8, 4) is 23.0 Å². The molecule has 110 valence electrons. The molecule has 0 amide bonds. The van der Waals surface area contributed by atoms with Crippen molar-refractivity contribution in [1.82, 2.24) is 25.0 Å². The van der Waals surface area contributed by atoms with Gasteiger partial charge in [-0.2, -0.15) is 5.10 Å². The van der Waals surface area contributed by atoms with Crippen LogP contribution in [-0.4, -0.2) is 43.1 Å². The number of carbonyl (C=O) groups is 1. The second-order valence-corrected chi connectivity index (χ2v) is 4.30. The zero-order valence-corrected chi connectivity index (χ0v) is 11.5. The Labute approximate surface area is 125 Å². The summed E-state index contributed by atoms with van der Waals surface area (Å²) in [6, 6.07) is 8.27. The van der Waals surface area contributed by atoms with E-state index in [0.717, 1.165) is 0 Å². The Balaban J connectivity index is 2.14. The Morgan fingerprint density at radius 3 is 2.73 bits per heavy atom. The molecule has 0 radical (unpaired) electrons. The molecule has 3 rings (SSSR count). The van der Waals surface area contributed by atoms with E-state index in [2.05, 4.69) is 20.3 Å². The van der Waals surface area contributed by atoms with Gasteiger partial charge in [-0.1, -0.05) is 0 Å². The van der Waals surface area contributed by atoms with Gasteiger partial charge in [0.05, 0.1) is 24.7 Å². The first-order valence-corrected chi connectivity index (χ1v) is 6.31. The smallest absolute Gasteiger partial charge is 0.356 e. The van der Waals surface area contributed by atoms with E-state index in [1.54, 1.807) is 36.7 Å². The van der Waals surface area contributed by atoms with Crippen LogP contribution >= 0.6 is 0 Å². The van der Waals surface area contributed by atoms with E-state index >= 15 is 0 Å². The van der Waals surface area contributed by atoms with Gasteiger partial charge in [-0.05, 0) is 18.2 Å². The van der Waals surface area contributed by atoms with Crippen LogP contribution in [-0.2, 0) is 0 Å². The summed E-state index contributed by atoms with van der Waals surface area (Å²) < 4.78 is 6.43. The van der Waals surface area contributed by atoms with E-state index < -0.39 is 5.97 Å². The minimum Gasteiger partial charge on any atom is -0.480 e. The van der Waals surface area contributed by atoms with E-state index in [4.69, 9.17) is 9.84 Å². The number of hydrogen-bond donors (Lipinski definition) is 1. The van der Waals surface area contributed by atoms with E-state index in [-0.39, 0.29) is 5.69 Å². The third-order valence-corrected chi connectivity index (χ3v) is 2.93. The molecule has 1 N–H and O–H groups in total. The Kier molecular flexibility index (Phi) is 3.48. The molecular weight excluding hydrogens is 286 g/mol. The number of carboxylic acids is 1. The Morgan fingerprint density at radius 2 is 2.14 bits per heavy atom. The Bertz CT molecular complexity index is 799. The number of rotatable bonds is 4. The first kappa shape index (κ1) is 13.7. The Morgan fingerprint density at radius 1 is 1.27 bits per heavy atom. The van der Waals surface area contributed by atoms with E-state index in [1.807, 2.05) is 0 Å². The highest BCUT2D eigenvalue weighted by atomic mass is 16.5. The summed E-state index contributed by atoms with van der Waals surface area (Å²) in [6.45, 7) is 0. The number of methoxy groups -OCH3 is 1. The van der Waals surface area contributed by atoms with Crippen molar-refractivity contribution >= 4 is 5.97 Å². The molecule has 0 aromatic carbocycles. The quantitative estimate of drug-likeness (QED) is 0.776. The molecule has 0 bridgehead atoms. The summed E-state index contributed by atoms with van der Waals surface area (Å²) in [5.74, 6) is -0.750. The molecule has 3 heterocycles. The van der Waals surface area contributed by atoms with Crippen LogP contribution in [0.4, 0.5) is 0 Å². The van der Waals surface area contributed by atoms with E-state index in [1.165, 1.54) is 17.9 Å². The summed E-state index contributed by atoms with van der Waals surface area (Å²) in [7, 11) is 1.49. The third-order valence-electron chi connectivity index (χ3n) is 2.93. The predicted molar refractivity (Wildman–Crippen MR) is 75.9 cm³/mol. The highest BCUT2D eigenvalue weighted by molar-refractivity contribution is 5.87. The molecule has 0 aliphatic heterocycles. The first-order chi connectivity index (χ1) is 10.7. The van der Waals surface area contributed by atoms with Crippen LogP contribution in [0.5, 0.6) is 5.88 Å². The molecule has 22 heavy (non-hydrogen) atoms. The van der Waals surface area contributed by atoms with Crippen LogP contribution < -0.4 is 4.74 Å². The van der Waals surface area contributed by atoms with Crippen LogP contribution in [0, 0.1) is 0 Å². The van der Waals surface area contributed by atoms with Crippen molar-refractivity contribution in [2.75, 3.05) is 7.11 Å². The van der Waals surface area contributed by atoms with Crippen molar-refractivity contribution in [2.45, 2.75) is 0 Å². The lowest BCUT2D eigenvalue weighted by Gasteiger charge is -2.06. The average molecular weight is 297 g/mol. The van der Waals surface area contributed by atoms with Crippen molar-refractivity contribution in [1.29, 1.82) is 0 Å². The maximum absolute atomic E-state index is 11.2. The largest absolute Gasteiger partial charge is 0.480 e. The summed E-state index contributed by atoms with van der Waals surface area (Å²) in [6.07, 6.45) is 3.21. The fraction of sp³-hybridized carbons (Fsp3) is 0.0714. The number of aromatic nitrogens is 5. The molecule has 0 aliphatic rings. The van der Waals surface area contributed by atoms with Crippen LogP contribution in [0.2, 0.25) is 0 Å². The molecule has 0 fully saturated rings. The minimum atomic E-state index is -1.12. The second kappa shape index (κ2) is 5.60. The van der Waals surface area contributed by atoms with Gasteiger partial charge in [0, 0.05) is 18.3 Å². The minimum absolute atomic E-state index is 0.0866. The molecule has 0 atom stereocenters. The van der Waals surface area contributed by atoms with Crippen LogP contribution in [0.1, 0.15) is 10.5 Å². The van der Waals surface area contributed by atoms with Crippen LogP contribution in [0.3, 0.4) is 0 Å². The molecule has 8 heteroatoms. The fourth-order valence-electron chi connectivity index (χ4n) is 1.91. The summed E-state index contributed by atoms with van der Waals surface area (Å²) in [5, 5.41) is 21.1. The van der Waals surface area contributed by atoms with E-state index in [9.17, 15) is 4.79 Å². The van der Waals surface area contributed by atoms with Gasteiger partial charge >= 0.3 is 5.97 Å². The van der Waals surface area contributed by atoms with Gasteiger partial charge in [0.1, 0.15) is 5.69 Å². The lowest BCUT2D eigenvalue weighted by atomic mass is 10.2. The zero-order chi connectivity index (χ0) is 15.5. The maximum Gasteiger partial charge on any atom is 0.356 e. The number of ether oxygens (including phenoxy) is 1. The van der Waals surface area contributed by atoms with Gasteiger partial charge in [0.15, 0.2) is 5.69 Å². The standard InChI is InChI=1S/C14H11N5O3/c1-22-13-5-4-10(16-17-13)12-7-11(14(20)21)18-19(12)9-3-2-6-15-8-9/h2-8H,1H3,(H,20,21). The summed E-state index contributed by atoms with van der Waals surface area (Å²) >= 11 is 0. The molecule has 0 aliphatic carbocycles. The molecule has 0 saturated carbocycles. The molecule has 3 aromatic rings. The number of aromatic carboxylic acids is 1. The van der Waals surface area contributed by atoms with Crippen molar-refractivity contribution in [3.63, 3.8) is 0 Å². The lowest BCUT2D eigenvalue weighted by Crippen LogP contribution is -2.03. The van der Waals surface area contributed by atoms with Crippen LogP contribution in [0.15, 0.2) is 42.7 Å². The summed E-state index contributed by atoms with van der Waals surface area (Å²) in [5.41, 5.74) is 1.52. The van der Waals surface area contributed by atoms with Gasteiger partial charge in [-0.15, -0.1) is 10.2 Å². The van der Waals surface area contributed by atoms with Crippen molar-refractivity contribution in [2.24, 2.45) is 0 Å². The highest BCUT2D eigenvalue weighted by Crippen LogP contribution is 2.22. The molecule has 0 spiro atoms. The number of nitrogens with zero attached hydrogens (tertiary/aromatic N) is 5. The topological polar surface area (TPSA) is 103 Å². The van der Waals surface area contributed by atoms with Gasteiger partial charge in [0.2, 0.25) is 5.88 Å². The second-order valence-electron chi connectivity index (χ2n) is 4.30. The number of carboxylic acid groups (broad SMARTS) is 1. The number of pyridine rings is 1. The van der Waals surface area contributed by atoms with Crippen LogP contribution in [0.25, 0.3) is 17.1 Å². The molecule has 8 nitrogen and oxygen atoms in total. The fourth-order valence-corrected chi connectivity index (χ4v) is 1.91. The third kappa shape index (κ3) is 2.49. The first-order valence-electron chi connectivity index (χ1n) is 6.31. The van der Waals surface area contributed by atoms with Gasteiger partial charge in [-0.3, -0.25) is 4.98 Å².